The highest BCUT2D eigenvalue weighted by Gasteiger charge is 2.27. The van der Waals surface area contributed by atoms with E-state index in [-0.39, 0.29) is 0 Å². The summed E-state index contributed by atoms with van der Waals surface area (Å²) in [6, 6.07) is 55.5. The van der Waals surface area contributed by atoms with E-state index in [1.54, 1.807) is 0 Å². The molecule has 0 spiro atoms. The SMILES string of the molecule is c1ccc(N2c3ccccc3Oc3cc(N(c4ccc5ccccc5c4)c4cccc5ccccc45)ccc32)cc1. The van der Waals surface area contributed by atoms with E-state index in [2.05, 4.69) is 149 Å². The molecule has 0 saturated carbocycles. The number of nitrogens with zero attached hydrogens (tertiary/aromatic N) is 2. The van der Waals surface area contributed by atoms with Crippen molar-refractivity contribution >= 4 is 55.7 Å². The van der Waals surface area contributed by atoms with Gasteiger partial charge in [-0.3, -0.25) is 0 Å². The van der Waals surface area contributed by atoms with Crippen molar-refractivity contribution in [1.82, 2.24) is 0 Å². The summed E-state index contributed by atoms with van der Waals surface area (Å²) >= 11 is 0. The Morgan fingerprint density at radius 2 is 1.10 bits per heavy atom. The maximum Gasteiger partial charge on any atom is 0.153 e. The molecule has 0 saturated heterocycles. The van der Waals surface area contributed by atoms with E-state index in [0.717, 1.165) is 45.6 Å². The number of hydrogen-bond acceptors (Lipinski definition) is 3. The zero-order valence-corrected chi connectivity index (χ0v) is 22.3. The molecule has 0 aromatic heterocycles. The largest absolute Gasteiger partial charge is 0.453 e. The molecule has 0 unspecified atom stereocenters. The molecule has 0 atom stereocenters. The van der Waals surface area contributed by atoms with Crippen molar-refractivity contribution in [2.24, 2.45) is 0 Å². The van der Waals surface area contributed by atoms with Crippen LogP contribution in [0.25, 0.3) is 21.5 Å². The van der Waals surface area contributed by atoms with Crippen LogP contribution in [0.15, 0.2) is 158 Å². The van der Waals surface area contributed by atoms with Crippen LogP contribution in [0, 0.1) is 0 Å². The van der Waals surface area contributed by atoms with Crippen molar-refractivity contribution in [2.75, 3.05) is 9.80 Å². The van der Waals surface area contributed by atoms with E-state index >= 15 is 0 Å². The Labute approximate surface area is 239 Å². The molecule has 7 aromatic carbocycles. The number of anilines is 6. The first-order chi connectivity index (χ1) is 20.3. The molecule has 3 heteroatoms. The van der Waals surface area contributed by atoms with Gasteiger partial charge in [-0.2, -0.15) is 0 Å². The zero-order chi connectivity index (χ0) is 27.2. The van der Waals surface area contributed by atoms with E-state index in [1.165, 1.54) is 21.5 Å². The van der Waals surface area contributed by atoms with Crippen LogP contribution < -0.4 is 14.5 Å². The fourth-order valence-corrected chi connectivity index (χ4v) is 5.89. The van der Waals surface area contributed by atoms with Gasteiger partial charge < -0.3 is 14.5 Å². The van der Waals surface area contributed by atoms with Crippen molar-refractivity contribution in [2.45, 2.75) is 0 Å². The highest BCUT2D eigenvalue weighted by atomic mass is 16.5. The quantitative estimate of drug-likeness (QED) is 0.227. The molecule has 0 radical (unpaired) electrons. The fourth-order valence-electron chi connectivity index (χ4n) is 5.89. The molecule has 7 aromatic rings. The summed E-state index contributed by atoms with van der Waals surface area (Å²) in [6.07, 6.45) is 0. The third-order valence-corrected chi connectivity index (χ3v) is 7.78. The van der Waals surface area contributed by atoms with Crippen molar-refractivity contribution < 1.29 is 4.74 Å². The minimum atomic E-state index is 0.816. The summed E-state index contributed by atoms with van der Waals surface area (Å²) in [5, 5.41) is 4.82. The second kappa shape index (κ2) is 9.58. The van der Waals surface area contributed by atoms with Crippen LogP contribution >= 0.6 is 0 Å². The van der Waals surface area contributed by atoms with Gasteiger partial charge in [0.25, 0.3) is 0 Å². The lowest BCUT2D eigenvalue weighted by Crippen LogP contribution is -2.17. The van der Waals surface area contributed by atoms with E-state index in [9.17, 15) is 0 Å². The standard InChI is InChI=1S/C38H26N2O/c1-2-15-30(16-3-1)40-35-18-8-9-20-37(35)41-38-26-32(23-24-36(38)40)39(31-22-21-27-11-4-5-13-29(27)25-31)34-19-10-14-28-12-6-7-17-33(28)34/h1-26H. The molecule has 1 heterocycles. The third-order valence-electron chi connectivity index (χ3n) is 7.78. The second-order valence-corrected chi connectivity index (χ2v) is 10.3. The van der Waals surface area contributed by atoms with Crippen LogP contribution in [-0.2, 0) is 0 Å². The number of hydrogen-bond donors (Lipinski definition) is 0. The summed E-state index contributed by atoms with van der Waals surface area (Å²) < 4.78 is 6.58. The third kappa shape index (κ3) is 3.98. The van der Waals surface area contributed by atoms with E-state index in [0.29, 0.717) is 0 Å². The van der Waals surface area contributed by atoms with Gasteiger partial charge in [0, 0.05) is 22.8 Å². The van der Waals surface area contributed by atoms with Crippen molar-refractivity contribution in [3.63, 3.8) is 0 Å². The first kappa shape index (κ1) is 23.4. The molecule has 1 aliphatic rings. The molecule has 0 bridgehead atoms. The maximum atomic E-state index is 6.58. The number of ether oxygens (including phenoxy) is 1. The van der Waals surface area contributed by atoms with Crippen LogP contribution in [-0.4, -0.2) is 0 Å². The predicted molar refractivity (Wildman–Crippen MR) is 171 cm³/mol. The Morgan fingerprint density at radius 1 is 0.439 bits per heavy atom. The first-order valence-corrected chi connectivity index (χ1v) is 13.9. The Balaban J connectivity index is 1.34. The van der Waals surface area contributed by atoms with Crippen LogP contribution in [0.4, 0.5) is 34.1 Å². The average molecular weight is 527 g/mol. The van der Waals surface area contributed by atoms with Gasteiger partial charge in [0.15, 0.2) is 11.5 Å². The molecule has 0 N–H and O–H groups in total. The van der Waals surface area contributed by atoms with Gasteiger partial charge >= 0.3 is 0 Å². The Bertz CT molecular complexity index is 2040. The Morgan fingerprint density at radius 3 is 2.00 bits per heavy atom. The van der Waals surface area contributed by atoms with Crippen LogP contribution in [0.2, 0.25) is 0 Å². The molecule has 194 valence electrons. The van der Waals surface area contributed by atoms with Crippen molar-refractivity contribution in [1.29, 1.82) is 0 Å². The molecular weight excluding hydrogens is 500 g/mol. The van der Waals surface area contributed by atoms with Gasteiger partial charge in [-0.1, -0.05) is 97.1 Å². The van der Waals surface area contributed by atoms with Crippen LogP contribution in [0.5, 0.6) is 11.5 Å². The maximum absolute atomic E-state index is 6.58. The lowest BCUT2D eigenvalue weighted by Gasteiger charge is -2.34. The van der Waals surface area contributed by atoms with E-state index < -0.39 is 0 Å². The lowest BCUT2D eigenvalue weighted by molar-refractivity contribution is 0.477. The lowest BCUT2D eigenvalue weighted by atomic mass is 10.0. The summed E-state index contributed by atoms with van der Waals surface area (Å²) in [6.45, 7) is 0. The summed E-state index contributed by atoms with van der Waals surface area (Å²) in [5.41, 5.74) is 6.38. The van der Waals surface area contributed by atoms with Crippen molar-refractivity contribution in [3.05, 3.63) is 158 Å². The van der Waals surface area contributed by atoms with Gasteiger partial charge in [0.2, 0.25) is 0 Å². The number of benzene rings is 7. The highest BCUT2D eigenvalue weighted by molar-refractivity contribution is 6.00. The Hall–Kier alpha value is -5.54. The molecule has 41 heavy (non-hydrogen) atoms. The summed E-state index contributed by atoms with van der Waals surface area (Å²) in [4.78, 5) is 4.61. The van der Waals surface area contributed by atoms with Crippen LogP contribution in [0.3, 0.4) is 0 Å². The van der Waals surface area contributed by atoms with Gasteiger partial charge in [0.1, 0.15) is 0 Å². The smallest absolute Gasteiger partial charge is 0.153 e. The zero-order valence-electron chi connectivity index (χ0n) is 22.3. The molecule has 0 amide bonds. The monoisotopic (exact) mass is 526 g/mol. The van der Waals surface area contributed by atoms with Gasteiger partial charge in [0.05, 0.1) is 22.7 Å². The molecule has 1 aliphatic heterocycles. The minimum Gasteiger partial charge on any atom is -0.453 e. The molecule has 3 nitrogen and oxygen atoms in total. The summed E-state index contributed by atoms with van der Waals surface area (Å²) in [5.74, 6) is 1.65. The van der Waals surface area contributed by atoms with Gasteiger partial charge in [-0.25, -0.2) is 0 Å². The first-order valence-electron chi connectivity index (χ1n) is 13.9. The summed E-state index contributed by atoms with van der Waals surface area (Å²) in [7, 11) is 0. The average Bonchev–Trinajstić information content (AvgIpc) is 3.04. The Kier molecular flexibility index (Phi) is 5.46. The highest BCUT2D eigenvalue weighted by Crippen LogP contribution is 2.52. The number of fused-ring (bicyclic) bond motifs is 4. The predicted octanol–water partition coefficient (Wildman–Crippen LogP) is 11.0. The molecular formula is C38H26N2O. The molecule has 8 rings (SSSR count). The normalized spacial score (nSPS) is 12.0. The van der Waals surface area contributed by atoms with Crippen molar-refractivity contribution in [3.8, 4) is 11.5 Å². The molecule has 0 aliphatic carbocycles. The van der Waals surface area contributed by atoms with Gasteiger partial charge in [-0.05, 0) is 70.8 Å². The minimum absolute atomic E-state index is 0.816. The van der Waals surface area contributed by atoms with E-state index in [4.69, 9.17) is 4.74 Å². The number of rotatable bonds is 4. The topological polar surface area (TPSA) is 15.7 Å². The molecule has 0 fully saturated rings. The van der Waals surface area contributed by atoms with Gasteiger partial charge in [-0.15, -0.1) is 0 Å². The second-order valence-electron chi connectivity index (χ2n) is 10.3. The van der Waals surface area contributed by atoms with Crippen LogP contribution in [0.1, 0.15) is 0 Å². The fraction of sp³-hybridized carbons (Fsp3) is 0. The number of para-hydroxylation sites is 3. The van der Waals surface area contributed by atoms with E-state index in [1.807, 2.05) is 18.2 Å².